The largest absolute Gasteiger partial charge is 0.366 e. The van der Waals surface area contributed by atoms with Crippen LogP contribution in [0.5, 0.6) is 0 Å². The molecule has 0 unspecified atom stereocenters. The Labute approximate surface area is 100.0 Å². The summed E-state index contributed by atoms with van der Waals surface area (Å²) in [7, 11) is 0. The number of halogens is 1. The van der Waals surface area contributed by atoms with Crippen LogP contribution in [0.4, 0.5) is 4.39 Å². The highest BCUT2D eigenvalue weighted by Gasteiger charge is 2.23. The first-order chi connectivity index (χ1) is 8.08. The molecular weight excluding hydrogens is 219 g/mol. The SMILES string of the molecule is NC(=O)c1cccc(C[C@@H]2CC[C@@H](N)C2)c1F. The van der Waals surface area contributed by atoms with Crippen molar-refractivity contribution in [2.24, 2.45) is 17.4 Å². The molecule has 4 heteroatoms. The van der Waals surface area contributed by atoms with Crippen LogP contribution in [0.1, 0.15) is 35.2 Å². The third-order valence-electron chi connectivity index (χ3n) is 3.43. The van der Waals surface area contributed by atoms with Gasteiger partial charge >= 0.3 is 0 Å². The molecule has 1 aromatic rings. The van der Waals surface area contributed by atoms with E-state index in [2.05, 4.69) is 0 Å². The predicted octanol–water partition coefficient (Wildman–Crippen LogP) is 1.59. The van der Waals surface area contributed by atoms with Gasteiger partial charge in [-0.05, 0) is 43.2 Å². The fourth-order valence-electron chi connectivity index (χ4n) is 2.54. The fraction of sp³-hybridized carbons (Fsp3) is 0.462. The highest BCUT2D eigenvalue weighted by molar-refractivity contribution is 5.93. The Kier molecular flexibility index (Phi) is 3.43. The van der Waals surface area contributed by atoms with Crippen LogP contribution in [-0.4, -0.2) is 11.9 Å². The van der Waals surface area contributed by atoms with Crippen LogP contribution < -0.4 is 11.5 Å². The minimum atomic E-state index is -0.715. The monoisotopic (exact) mass is 236 g/mol. The van der Waals surface area contributed by atoms with E-state index in [-0.39, 0.29) is 11.6 Å². The van der Waals surface area contributed by atoms with Crippen LogP contribution in [0.15, 0.2) is 18.2 Å². The summed E-state index contributed by atoms with van der Waals surface area (Å²) in [5, 5.41) is 0. The van der Waals surface area contributed by atoms with Gasteiger partial charge < -0.3 is 11.5 Å². The molecule has 92 valence electrons. The second-order valence-electron chi connectivity index (χ2n) is 4.79. The molecule has 2 rings (SSSR count). The Bertz CT molecular complexity index is 433. The summed E-state index contributed by atoms with van der Waals surface area (Å²) < 4.78 is 13.9. The molecule has 1 aliphatic rings. The maximum atomic E-state index is 13.9. The smallest absolute Gasteiger partial charge is 0.251 e. The van der Waals surface area contributed by atoms with Crippen LogP contribution >= 0.6 is 0 Å². The lowest BCUT2D eigenvalue weighted by molar-refractivity contribution is 0.0996. The quantitative estimate of drug-likeness (QED) is 0.836. The summed E-state index contributed by atoms with van der Waals surface area (Å²) in [6.45, 7) is 0. The normalized spacial score (nSPS) is 23.9. The van der Waals surface area contributed by atoms with Gasteiger partial charge in [0.15, 0.2) is 0 Å². The third kappa shape index (κ3) is 2.64. The fourth-order valence-corrected chi connectivity index (χ4v) is 2.54. The van der Waals surface area contributed by atoms with E-state index in [1.807, 2.05) is 0 Å². The van der Waals surface area contributed by atoms with E-state index in [0.29, 0.717) is 17.9 Å². The van der Waals surface area contributed by atoms with E-state index in [1.54, 1.807) is 12.1 Å². The summed E-state index contributed by atoms with van der Waals surface area (Å²) in [6.07, 6.45) is 3.60. The summed E-state index contributed by atoms with van der Waals surface area (Å²) in [5.41, 5.74) is 11.5. The van der Waals surface area contributed by atoms with Crippen molar-refractivity contribution in [3.63, 3.8) is 0 Å². The molecule has 0 radical (unpaired) electrons. The topological polar surface area (TPSA) is 69.1 Å². The van der Waals surface area contributed by atoms with E-state index < -0.39 is 11.7 Å². The maximum absolute atomic E-state index is 13.9. The Morgan fingerprint density at radius 2 is 2.18 bits per heavy atom. The van der Waals surface area contributed by atoms with Crippen molar-refractivity contribution in [3.05, 3.63) is 35.1 Å². The van der Waals surface area contributed by atoms with Gasteiger partial charge in [-0.3, -0.25) is 4.79 Å². The average Bonchev–Trinajstić information content (AvgIpc) is 2.67. The van der Waals surface area contributed by atoms with Gasteiger partial charge in [0, 0.05) is 6.04 Å². The van der Waals surface area contributed by atoms with Crippen molar-refractivity contribution in [1.29, 1.82) is 0 Å². The number of carbonyl (C=O) groups excluding carboxylic acids is 1. The molecule has 1 saturated carbocycles. The van der Waals surface area contributed by atoms with Crippen molar-refractivity contribution in [3.8, 4) is 0 Å². The second kappa shape index (κ2) is 4.84. The molecule has 1 aromatic carbocycles. The molecule has 0 aliphatic heterocycles. The number of rotatable bonds is 3. The lowest BCUT2D eigenvalue weighted by Crippen LogP contribution is -2.16. The van der Waals surface area contributed by atoms with Crippen LogP contribution in [0, 0.1) is 11.7 Å². The lowest BCUT2D eigenvalue weighted by atomic mass is 9.96. The zero-order chi connectivity index (χ0) is 12.4. The molecule has 0 aromatic heterocycles. The molecule has 1 fully saturated rings. The Morgan fingerprint density at radius 3 is 2.76 bits per heavy atom. The number of carbonyl (C=O) groups is 1. The highest BCUT2D eigenvalue weighted by atomic mass is 19.1. The van der Waals surface area contributed by atoms with Gasteiger partial charge in [0.2, 0.25) is 0 Å². The lowest BCUT2D eigenvalue weighted by Gasteiger charge is -2.11. The minimum absolute atomic E-state index is 0.0233. The summed E-state index contributed by atoms with van der Waals surface area (Å²) in [6, 6.07) is 5.04. The predicted molar refractivity (Wildman–Crippen MR) is 63.9 cm³/mol. The van der Waals surface area contributed by atoms with Crippen LogP contribution in [0.25, 0.3) is 0 Å². The van der Waals surface area contributed by atoms with Gasteiger partial charge in [-0.2, -0.15) is 0 Å². The minimum Gasteiger partial charge on any atom is -0.366 e. The molecule has 1 amide bonds. The highest BCUT2D eigenvalue weighted by Crippen LogP contribution is 2.28. The number of amides is 1. The molecule has 2 atom stereocenters. The van der Waals surface area contributed by atoms with E-state index in [1.165, 1.54) is 6.07 Å². The first-order valence-corrected chi connectivity index (χ1v) is 5.90. The van der Waals surface area contributed by atoms with Gasteiger partial charge in [-0.1, -0.05) is 12.1 Å². The second-order valence-corrected chi connectivity index (χ2v) is 4.79. The Hall–Kier alpha value is -1.42. The summed E-state index contributed by atoms with van der Waals surface area (Å²) in [4.78, 5) is 11.0. The van der Waals surface area contributed by atoms with Gasteiger partial charge in [0.1, 0.15) is 5.82 Å². The number of benzene rings is 1. The molecule has 0 bridgehead atoms. The standard InChI is InChI=1S/C13H17FN2O/c14-12-9(2-1-3-11(12)13(16)17)6-8-4-5-10(15)7-8/h1-3,8,10H,4-7,15H2,(H2,16,17)/t8-,10+/m0/s1. The van der Waals surface area contributed by atoms with Crippen molar-refractivity contribution >= 4 is 5.91 Å². The first-order valence-electron chi connectivity index (χ1n) is 5.90. The number of primary amides is 1. The number of hydrogen-bond acceptors (Lipinski definition) is 2. The van der Waals surface area contributed by atoms with Crippen LogP contribution in [0.3, 0.4) is 0 Å². The molecule has 4 N–H and O–H groups in total. The molecule has 3 nitrogen and oxygen atoms in total. The molecule has 0 saturated heterocycles. The van der Waals surface area contributed by atoms with Gasteiger partial charge in [-0.15, -0.1) is 0 Å². The zero-order valence-corrected chi connectivity index (χ0v) is 9.66. The third-order valence-corrected chi connectivity index (χ3v) is 3.43. The Balaban J connectivity index is 2.16. The molecule has 0 spiro atoms. The van der Waals surface area contributed by atoms with Crippen molar-refractivity contribution < 1.29 is 9.18 Å². The van der Waals surface area contributed by atoms with Crippen LogP contribution in [-0.2, 0) is 6.42 Å². The summed E-state index contributed by atoms with van der Waals surface area (Å²) >= 11 is 0. The van der Waals surface area contributed by atoms with Crippen molar-refractivity contribution in [1.82, 2.24) is 0 Å². The van der Waals surface area contributed by atoms with Crippen LogP contribution in [0.2, 0.25) is 0 Å². The van der Waals surface area contributed by atoms with Gasteiger partial charge in [0.25, 0.3) is 5.91 Å². The molecular formula is C13H17FN2O. The number of hydrogen-bond donors (Lipinski definition) is 2. The summed E-state index contributed by atoms with van der Waals surface area (Å²) in [5.74, 6) is -0.768. The van der Waals surface area contributed by atoms with E-state index in [9.17, 15) is 9.18 Å². The molecule has 1 aliphatic carbocycles. The van der Waals surface area contributed by atoms with E-state index >= 15 is 0 Å². The van der Waals surface area contributed by atoms with Crippen molar-refractivity contribution in [2.45, 2.75) is 31.7 Å². The maximum Gasteiger partial charge on any atom is 0.251 e. The first kappa shape index (κ1) is 12.0. The van der Waals surface area contributed by atoms with E-state index in [0.717, 1.165) is 19.3 Å². The van der Waals surface area contributed by atoms with Crippen molar-refractivity contribution in [2.75, 3.05) is 0 Å². The zero-order valence-electron chi connectivity index (χ0n) is 9.66. The average molecular weight is 236 g/mol. The number of nitrogens with two attached hydrogens (primary N) is 2. The molecule has 0 heterocycles. The van der Waals surface area contributed by atoms with E-state index in [4.69, 9.17) is 11.5 Å². The molecule has 17 heavy (non-hydrogen) atoms. The van der Waals surface area contributed by atoms with Gasteiger partial charge in [-0.25, -0.2) is 4.39 Å². The Morgan fingerprint density at radius 1 is 1.41 bits per heavy atom. The van der Waals surface area contributed by atoms with Gasteiger partial charge in [0.05, 0.1) is 5.56 Å².